The smallest absolute Gasteiger partial charge is 0.105 e. The van der Waals surface area contributed by atoms with Crippen molar-refractivity contribution in [2.45, 2.75) is 13.0 Å². The molecule has 2 nitrogen and oxygen atoms in total. The molecule has 13 heavy (non-hydrogen) atoms. The van der Waals surface area contributed by atoms with Gasteiger partial charge in [-0.1, -0.05) is 0 Å². The van der Waals surface area contributed by atoms with Crippen LogP contribution in [-0.4, -0.2) is 19.7 Å². The molecule has 1 atom stereocenters. The van der Waals surface area contributed by atoms with Gasteiger partial charge in [0.2, 0.25) is 0 Å². The van der Waals surface area contributed by atoms with Crippen molar-refractivity contribution < 1.29 is 4.74 Å². The lowest BCUT2D eigenvalue weighted by atomic mass is 10.2. The van der Waals surface area contributed by atoms with Gasteiger partial charge in [-0.05, 0) is 33.8 Å². The van der Waals surface area contributed by atoms with Crippen LogP contribution in [0.4, 0.5) is 0 Å². The van der Waals surface area contributed by atoms with E-state index in [0.717, 1.165) is 19.7 Å². The second kappa shape index (κ2) is 4.09. The minimum Gasteiger partial charge on any atom is -0.370 e. The number of nitrogens with one attached hydrogen (secondary N) is 1. The van der Waals surface area contributed by atoms with E-state index in [2.05, 4.69) is 33.6 Å². The van der Waals surface area contributed by atoms with Crippen LogP contribution in [0, 0.1) is 6.92 Å². The molecule has 2 rings (SSSR count). The first-order chi connectivity index (χ1) is 6.29. The van der Waals surface area contributed by atoms with E-state index < -0.39 is 0 Å². The van der Waals surface area contributed by atoms with Gasteiger partial charge in [0, 0.05) is 22.4 Å². The van der Waals surface area contributed by atoms with Crippen LogP contribution in [-0.2, 0) is 4.74 Å². The van der Waals surface area contributed by atoms with Gasteiger partial charge in [-0.15, -0.1) is 11.3 Å². The summed E-state index contributed by atoms with van der Waals surface area (Å²) < 4.78 is 6.89. The van der Waals surface area contributed by atoms with Crippen LogP contribution in [0.25, 0.3) is 0 Å². The Bertz CT molecular complexity index is 294. The van der Waals surface area contributed by atoms with Crippen LogP contribution in [0.2, 0.25) is 0 Å². The first kappa shape index (κ1) is 9.65. The summed E-state index contributed by atoms with van der Waals surface area (Å²) in [6.45, 7) is 4.82. The molecule has 0 spiro atoms. The molecule has 0 aliphatic carbocycles. The Kier molecular flexibility index (Phi) is 3.03. The summed E-state index contributed by atoms with van der Waals surface area (Å²) in [7, 11) is 0. The Balaban J connectivity index is 2.18. The average molecular weight is 262 g/mol. The second-order valence-electron chi connectivity index (χ2n) is 3.16. The Morgan fingerprint density at radius 3 is 3.08 bits per heavy atom. The Morgan fingerprint density at radius 2 is 2.54 bits per heavy atom. The summed E-state index contributed by atoms with van der Waals surface area (Å²) >= 11 is 5.36. The maximum Gasteiger partial charge on any atom is 0.105 e. The third-order valence-electron chi connectivity index (χ3n) is 2.15. The number of aryl methyl sites for hydroxylation is 1. The van der Waals surface area contributed by atoms with Crippen LogP contribution < -0.4 is 5.32 Å². The van der Waals surface area contributed by atoms with Gasteiger partial charge >= 0.3 is 0 Å². The maximum atomic E-state index is 5.68. The molecule has 1 N–H and O–H groups in total. The molecule has 1 aromatic heterocycles. The van der Waals surface area contributed by atoms with E-state index in [9.17, 15) is 0 Å². The zero-order valence-corrected chi connectivity index (χ0v) is 9.87. The van der Waals surface area contributed by atoms with Gasteiger partial charge in [-0.3, -0.25) is 0 Å². The van der Waals surface area contributed by atoms with E-state index in [-0.39, 0.29) is 6.10 Å². The zero-order chi connectivity index (χ0) is 9.26. The minimum absolute atomic E-state index is 0.238. The van der Waals surface area contributed by atoms with E-state index in [1.54, 1.807) is 11.3 Å². The van der Waals surface area contributed by atoms with Crippen LogP contribution >= 0.6 is 27.3 Å². The highest BCUT2D eigenvalue weighted by Gasteiger charge is 2.20. The Labute approximate surface area is 90.4 Å². The monoisotopic (exact) mass is 261 g/mol. The van der Waals surface area contributed by atoms with Gasteiger partial charge in [0.05, 0.1) is 6.61 Å². The predicted molar refractivity (Wildman–Crippen MR) is 58.3 cm³/mol. The number of rotatable bonds is 1. The first-order valence-electron chi connectivity index (χ1n) is 4.35. The number of hydrogen-bond acceptors (Lipinski definition) is 3. The predicted octanol–water partition coefficient (Wildman–Crippen LogP) is 2.48. The van der Waals surface area contributed by atoms with Gasteiger partial charge in [-0.2, -0.15) is 0 Å². The van der Waals surface area contributed by atoms with Crippen molar-refractivity contribution in [3.05, 3.63) is 20.3 Å². The van der Waals surface area contributed by atoms with Gasteiger partial charge in [-0.25, -0.2) is 0 Å². The van der Waals surface area contributed by atoms with Crippen molar-refractivity contribution in [3.8, 4) is 0 Å². The van der Waals surface area contributed by atoms with Gasteiger partial charge in [0.25, 0.3) is 0 Å². The van der Waals surface area contributed by atoms with Crippen molar-refractivity contribution in [1.29, 1.82) is 0 Å². The normalized spacial score (nSPS) is 23.4. The highest BCUT2D eigenvalue weighted by molar-refractivity contribution is 9.10. The van der Waals surface area contributed by atoms with Crippen molar-refractivity contribution in [1.82, 2.24) is 5.32 Å². The number of thiophene rings is 1. The quantitative estimate of drug-likeness (QED) is 0.839. The highest BCUT2D eigenvalue weighted by atomic mass is 79.9. The highest BCUT2D eigenvalue weighted by Crippen LogP contribution is 2.34. The van der Waals surface area contributed by atoms with Crippen LogP contribution in [0.3, 0.4) is 0 Å². The molecule has 72 valence electrons. The second-order valence-corrected chi connectivity index (χ2v) is 4.86. The fraction of sp³-hybridized carbons (Fsp3) is 0.556. The van der Waals surface area contributed by atoms with Crippen LogP contribution in [0.5, 0.6) is 0 Å². The largest absolute Gasteiger partial charge is 0.370 e. The molecule has 0 bridgehead atoms. The topological polar surface area (TPSA) is 21.3 Å². The summed E-state index contributed by atoms with van der Waals surface area (Å²) in [6.07, 6.45) is 0.238. The maximum absolute atomic E-state index is 5.68. The minimum atomic E-state index is 0.238. The Morgan fingerprint density at radius 1 is 1.69 bits per heavy atom. The number of hydrogen-bond donors (Lipinski definition) is 1. The first-order valence-corrected chi connectivity index (χ1v) is 6.02. The van der Waals surface area contributed by atoms with E-state index in [1.165, 1.54) is 14.9 Å². The lowest BCUT2D eigenvalue weighted by Gasteiger charge is -2.23. The van der Waals surface area contributed by atoms with Gasteiger partial charge in [0.15, 0.2) is 0 Å². The molecule has 0 saturated carbocycles. The molecule has 2 heterocycles. The van der Waals surface area contributed by atoms with Crippen LogP contribution in [0.1, 0.15) is 16.5 Å². The lowest BCUT2D eigenvalue weighted by Crippen LogP contribution is -2.33. The fourth-order valence-corrected chi connectivity index (χ4v) is 3.19. The average Bonchev–Trinajstić information content (AvgIpc) is 2.49. The summed E-state index contributed by atoms with van der Waals surface area (Å²) in [6, 6.07) is 0. The lowest BCUT2D eigenvalue weighted by molar-refractivity contribution is 0.0295. The molecule has 0 aromatic carbocycles. The summed E-state index contributed by atoms with van der Waals surface area (Å²) in [4.78, 5) is 1.31. The van der Waals surface area contributed by atoms with Crippen molar-refractivity contribution in [3.63, 3.8) is 0 Å². The van der Waals surface area contributed by atoms with Gasteiger partial charge < -0.3 is 10.1 Å². The molecular weight excluding hydrogens is 250 g/mol. The van der Waals surface area contributed by atoms with E-state index in [4.69, 9.17) is 4.74 Å². The Hall–Kier alpha value is 0.100. The standard InChI is InChI=1S/C9H12BrNOS/c1-6-5-13-9(8(6)10)7-4-11-2-3-12-7/h5,7,11H,2-4H2,1H3. The third-order valence-corrected chi connectivity index (χ3v) is 4.65. The van der Waals surface area contributed by atoms with E-state index >= 15 is 0 Å². The number of ether oxygens (including phenoxy) is 1. The SMILES string of the molecule is Cc1csc(C2CNCCO2)c1Br. The summed E-state index contributed by atoms with van der Waals surface area (Å²) in [5.74, 6) is 0. The zero-order valence-electron chi connectivity index (χ0n) is 7.47. The molecule has 1 aliphatic heterocycles. The molecule has 1 aromatic rings. The van der Waals surface area contributed by atoms with E-state index in [0.29, 0.717) is 0 Å². The van der Waals surface area contributed by atoms with E-state index in [1.807, 2.05) is 0 Å². The molecule has 1 aliphatic rings. The molecule has 1 unspecified atom stereocenters. The summed E-state index contributed by atoms with van der Waals surface area (Å²) in [5, 5.41) is 5.49. The van der Waals surface area contributed by atoms with Crippen molar-refractivity contribution in [2.75, 3.05) is 19.7 Å². The molecule has 0 radical (unpaired) electrons. The van der Waals surface area contributed by atoms with Crippen LogP contribution in [0.15, 0.2) is 9.85 Å². The molecule has 0 amide bonds. The molecule has 4 heteroatoms. The van der Waals surface area contributed by atoms with Crippen molar-refractivity contribution >= 4 is 27.3 Å². The summed E-state index contributed by atoms with van der Waals surface area (Å²) in [5.41, 5.74) is 1.30. The fourth-order valence-electron chi connectivity index (χ4n) is 1.40. The number of halogens is 1. The molecule has 1 fully saturated rings. The molecular formula is C9H12BrNOS. The number of morpholine rings is 1. The third kappa shape index (κ3) is 1.96. The van der Waals surface area contributed by atoms with Crippen molar-refractivity contribution in [2.24, 2.45) is 0 Å². The molecule has 1 saturated heterocycles. The van der Waals surface area contributed by atoms with Gasteiger partial charge in [0.1, 0.15) is 6.10 Å².